The number of carbonyl (C=O) groups excluding carboxylic acids is 1. The van der Waals surface area contributed by atoms with Crippen LogP contribution < -0.4 is 11.0 Å². The van der Waals surface area contributed by atoms with E-state index in [2.05, 4.69) is 25.2 Å². The Kier molecular flexibility index (Phi) is 1.90. The highest BCUT2D eigenvalue weighted by Crippen LogP contribution is 1.89. The standard InChI is InChI=1S/C4H6N4O3/c1-11-4(10)6-2-5-3(9)8-7-2/h1H3,(H3,5,6,7,8,9,10). The molecule has 0 aliphatic rings. The van der Waals surface area contributed by atoms with Gasteiger partial charge in [-0.05, 0) is 0 Å². The van der Waals surface area contributed by atoms with E-state index in [0.29, 0.717) is 0 Å². The Hall–Kier alpha value is -1.79. The molecule has 0 aromatic carbocycles. The second-order valence-corrected chi connectivity index (χ2v) is 1.64. The van der Waals surface area contributed by atoms with Crippen LogP contribution in [0.4, 0.5) is 10.7 Å². The van der Waals surface area contributed by atoms with Gasteiger partial charge in [0.1, 0.15) is 0 Å². The number of H-pyrrole nitrogens is 2. The van der Waals surface area contributed by atoms with Crippen LogP contribution in [-0.4, -0.2) is 28.4 Å². The molecule has 0 aliphatic heterocycles. The van der Waals surface area contributed by atoms with Crippen LogP contribution in [0.1, 0.15) is 0 Å². The molecule has 7 heteroatoms. The van der Waals surface area contributed by atoms with Gasteiger partial charge in [0.05, 0.1) is 7.11 Å². The number of aromatic nitrogens is 3. The number of nitrogens with one attached hydrogen (secondary N) is 3. The Bertz CT molecular complexity index is 300. The summed E-state index contributed by atoms with van der Waals surface area (Å²) in [5.74, 6) is 0.0295. The van der Waals surface area contributed by atoms with E-state index in [4.69, 9.17) is 0 Å². The summed E-state index contributed by atoms with van der Waals surface area (Å²) in [6.07, 6.45) is -0.687. The first-order valence-corrected chi connectivity index (χ1v) is 2.72. The van der Waals surface area contributed by atoms with Gasteiger partial charge in [0.2, 0.25) is 5.95 Å². The van der Waals surface area contributed by atoms with Gasteiger partial charge in [0.25, 0.3) is 0 Å². The summed E-state index contributed by atoms with van der Waals surface area (Å²) in [4.78, 5) is 23.1. The van der Waals surface area contributed by atoms with Crippen molar-refractivity contribution >= 4 is 12.0 Å². The number of ether oxygens (including phenoxy) is 1. The highest BCUT2D eigenvalue weighted by atomic mass is 16.5. The van der Waals surface area contributed by atoms with Crippen molar-refractivity contribution in [3.05, 3.63) is 10.5 Å². The Balaban J connectivity index is 2.65. The highest BCUT2D eigenvalue weighted by molar-refractivity contribution is 5.81. The molecule has 0 unspecified atom stereocenters. The van der Waals surface area contributed by atoms with Gasteiger partial charge in [-0.1, -0.05) is 0 Å². The van der Waals surface area contributed by atoms with Gasteiger partial charge in [-0.25, -0.2) is 14.7 Å². The molecule has 0 atom stereocenters. The second kappa shape index (κ2) is 2.86. The molecule has 11 heavy (non-hydrogen) atoms. The van der Waals surface area contributed by atoms with Crippen LogP contribution in [0.5, 0.6) is 0 Å². The Morgan fingerprint density at radius 3 is 2.91 bits per heavy atom. The molecule has 1 rings (SSSR count). The summed E-state index contributed by atoms with van der Waals surface area (Å²) in [6.45, 7) is 0. The van der Waals surface area contributed by atoms with Crippen molar-refractivity contribution in [3.63, 3.8) is 0 Å². The summed E-state index contributed by atoms with van der Waals surface area (Å²) < 4.78 is 4.24. The van der Waals surface area contributed by atoms with Crippen LogP contribution in [0.25, 0.3) is 0 Å². The third kappa shape index (κ3) is 1.81. The first-order valence-electron chi connectivity index (χ1n) is 2.72. The lowest BCUT2D eigenvalue weighted by molar-refractivity contribution is 0.186. The number of aromatic amines is 2. The maximum Gasteiger partial charge on any atom is 0.413 e. The summed E-state index contributed by atoms with van der Waals surface area (Å²) >= 11 is 0. The molecule has 0 aliphatic carbocycles. The van der Waals surface area contributed by atoms with E-state index >= 15 is 0 Å². The number of hydrogen-bond donors (Lipinski definition) is 3. The van der Waals surface area contributed by atoms with E-state index in [9.17, 15) is 9.59 Å². The van der Waals surface area contributed by atoms with E-state index in [0.717, 1.165) is 0 Å². The normalized spacial score (nSPS) is 9.18. The first-order chi connectivity index (χ1) is 5.22. The van der Waals surface area contributed by atoms with Crippen LogP contribution in [0.3, 0.4) is 0 Å². The van der Waals surface area contributed by atoms with Crippen LogP contribution in [0.15, 0.2) is 4.79 Å². The number of anilines is 1. The molecule has 1 heterocycles. The van der Waals surface area contributed by atoms with Gasteiger partial charge >= 0.3 is 11.8 Å². The fraction of sp³-hybridized carbons (Fsp3) is 0.250. The highest BCUT2D eigenvalue weighted by Gasteiger charge is 2.02. The molecule has 60 valence electrons. The molecule has 0 bridgehead atoms. The fourth-order valence-corrected chi connectivity index (χ4v) is 0.477. The van der Waals surface area contributed by atoms with E-state index in [-0.39, 0.29) is 5.95 Å². The third-order valence-electron chi connectivity index (χ3n) is 0.907. The molecule has 1 aromatic heterocycles. The summed E-state index contributed by atoms with van der Waals surface area (Å²) in [6, 6.07) is 0. The number of carbonyl (C=O) groups is 1. The number of rotatable bonds is 1. The second-order valence-electron chi connectivity index (χ2n) is 1.64. The number of amides is 1. The summed E-state index contributed by atoms with van der Waals surface area (Å²) in [7, 11) is 1.21. The van der Waals surface area contributed by atoms with Gasteiger partial charge in [0, 0.05) is 0 Å². The van der Waals surface area contributed by atoms with Crippen molar-refractivity contribution in [3.8, 4) is 0 Å². The molecular formula is C4H6N4O3. The van der Waals surface area contributed by atoms with Gasteiger partial charge in [-0.3, -0.25) is 10.3 Å². The number of hydrogen-bond acceptors (Lipinski definition) is 4. The molecule has 1 amide bonds. The topological polar surface area (TPSA) is 99.9 Å². The SMILES string of the molecule is COC(=O)Nc1n[nH]c(=O)[nH]1. The predicted octanol–water partition coefficient (Wildman–Crippen LogP) is -0.724. The lowest BCUT2D eigenvalue weighted by atomic mass is 10.9. The lowest BCUT2D eigenvalue weighted by Crippen LogP contribution is -2.12. The molecule has 0 radical (unpaired) electrons. The molecule has 1 aromatic rings. The van der Waals surface area contributed by atoms with Crippen LogP contribution >= 0.6 is 0 Å². The van der Waals surface area contributed by atoms with Crippen molar-refractivity contribution in [2.75, 3.05) is 12.4 Å². The first kappa shape index (κ1) is 7.32. The minimum absolute atomic E-state index is 0.0295. The number of nitrogens with zero attached hydrogens (tertiary/aromatic N) is 1. The summed E-state index contributed by atoms with van der Waals surface area (Å²) in [5.41, 5.74) is -0.489. The maximum absolute atomic E-state index is 10.5. The quantitative estimate of drug-likeness (QED) is 0.501. The molecular weight excluding hydrogens is 152 g/mol. The minimum Gasteiger partial charge on any atom is -0.453 e. The molecule has 3 N–H and O–H groups in total. The van der Waals surface area contributed by atoms with Gasteiger partial charge in [-0.2, -0.15) is 0 Å². The van der Waals surface area contributed by atoms with Crippen LogP contribution in [0.2, 0.25) is 0 Å². The van der Waals surface area contributed by atoms with Crippen LogP contribution in [0, 0.1) is 0 Å². The van der Waals surface area contributed by atoms with Crippen molar-refractivity contribution in [1.82, 2.24) is 15.2 Å². The fourth-order valence-electron chi connectivity index (χ4n) is 0.477. The van der Waals surface area contributed by atoms with E-state index in [1.807, 2.05) is 0 Å². The maximum atomic E-state index is 10.5. The summed E-state index contributed by atoms with van der Waals surface area (Å²) in [5, 5.41) is 7.62. The Morgan fingerprint density at radius 1 is 1.73 bits per heavy atom. The Labute approximate surface area is 60.8 Å². The minimum atomic E-state index is -0.687. The third-order valence-corrected chi connectivity index (χ3v) is 0.907. The predicted molar refractivity (Wildman–Crippen MR) is 35.2 cm³/mol. The number of methoxy groups -OCH3 is 1. The molecule has 0 fully saturated rings. The largest absolute Gasteiger partial charge is 0.453 e. The molecule has 7 nitrogen and oxygen atoms in total. The van der Waals surface area contributed by atoms with Crippen molar-refractivity contribution < 1.29 is 9.53 Å². The monoisotopic (exact) mass is 158 g/mol. The lowest BCUT2D eigenvalue weighted by Gasteiger charge is -1.95. The van der Waals surface area contributed by atoms with Gasteiger partial charge in [0.15, 0.2) is 0 Å². The average molecular weight is 158 g/mol. The zero-order valence-electron chi connectivity index (χ0n) is 5.67. The molecule has 0 saturated carbocycles. The average Bonchev–Trinajstić information content (AvgIpc) is 2.35. The smallest absolute Gasteiger partial charge is 0.413 e. The van der Waals surface area contributed by atoms with Crippen molar-refractivity contribution in [1.29, 1.82) is 0 Å². The van der Waals surface area contributed by atoms with Crippen LogP contribution in [-0.2, 0) is 4.74 Å². The molecule has 0 saturated heterocycles. The van der Waals surface area contributed by atoms with Gasteiger partial charge in [-0.15, -0.1) is 5.10 Å². The van der Waals surface area contributed by atoms with E-state index in [1.54, 1.807) is 0 Å². The van der Waals surface area contributed by atoms with Crippen molar-refractivity contribution in [2.45, 2.75) is 0 Å². The molecule has 0 spiro atoms. The Morgan fingerprint density at radius 2 is 2.45 bits per heavy atom. The van der Waals surface area contributed by atoms with Crippen molar-refractivity contribution in [2.24, 2.45) is 0 Å². The van der Waals surface area contributed by atoms with Gasteiger partial charge < -0.3 is 4.74 Å². The zero-order chi connectivity index (χ0) is 8.27. The van der Waals surface area contributed by atoms with E-state index in [1.165, 1.54) is 7.11 Å². The van der Waals surface area contributed by atoms with E-state index < -0.39 is 11.8 Å². The zero-order valence-corrected chi connectivity index (χ0v) is 5.67.